The maximum atomic E-state index is 7.05. The van der Waals surface area contributed by atoms with E-state index in [0.29, 0.717) is 5.92 Å². The number of pyridine rings is 1. The molecule has 0 fully saturated rings. The second-order valence-electron chi connectivity index (χ2n) is 14.4. The first-order chi connectivity index (χ1) is 25.7. The molecular weight excluding hydrogens is 633 g/mol. The van der Waals surface area contributed by atoms with Crippen LogP contribution in [0.4, 0.5) is 0 Å². The Morgan fingerprint density at radius 2 is 1.38 bits per heavy atom. The van der Waals surface area contributed by atoms with Crippen molar-refractivity contribution < 1.29 is 4.42 Å². The molecule has 2 aliphatic rings. The standard InChI is InChI=1S/C49H34N2O/c1-49(34-19-9-4-10-20-34)40-23-13-11-22-37(40)47-41(49)26-25-36-39-29-38-35-21-12-14-24-43(35)51(44(38)30-45(39)52-48(36)47)46-28-33(31-15-5-2-6-16-31)27-42(50-46)32-17-7-3-8-18-32/h2-19,21-30,34H,20H2,1H3. The summed E-state index contributed by atoms with van der Waals surface area (Å²) < 4.78 is 9.36. The first kappa shape index (κ1) is 29.3. The summed E-state index contributed by atoms with van der Waals surface area (Å²) in [5, 5.41) is 4.67. The SMILES string of the molecule is CC1(C2C=CC=CC2)c2ccccc2-c2c1ccc1c2oc2cc3c(cc21)c1ccccc1n3-c1cc(-c2ccccc2)cc(-c2ccccc2)n1. The lowest BCUT2D eigenvalue weighted by Gasteiger charge is -2.35. The number of rotatable bonds is 4. The van der Waals surface area contributed by atoms with Crippen LogP contribution in [0.5, 0.6) is 0 Å². The van der Waals surface area contributed by atoms with Gasteiger partial charge in [-0.05, 0) is 64.4 Å². The third-order valence-electron chi connectivity index (χ3n) is 11.7. The lowest BCUT2D eigenvalue weighted by atomic mass is 9.68. The van der Waals surface area contributed by atoms with Gasteiger partial charge in [-0.3, -0.25) is 4.57 Å². The Morgan fingerprint density at radius 3 is 2.21 bits per heavy atom. The van der Waals surface area contributed by atoms with E-state index in [9.17, 15) is 0 Å². The number of furan rings is 1. The van der Waals surface area contributed by atoms with Crippen molar-refractivity contribution in [3.8, 4) is 39.3 Å². The van der Waals surface area contributed by atoms with Gasteiger partial charge in [0.05, 0.1) is 16.7 Å². The van der Waals surface area contributed by atoms with Crippen LogP contribution in [0.25, 0.3) is 83.1 Å². The van der Waals surface area contributed by atoms with E-state index >= 15 is 0 Å². The molecule has 3 aromatic heterocycles. The first-order valence-corrected chi connectivity index (χ1v) is 18.2. The Hall–Kier alpha value is -6.45. The predicted molar refractivity (Wildman–Crippen MR) is 215 cm³/mol. The highest BCUT2D eigenvalue weighted by molar-refractivity contribution is 6.19. The quantitative estimate of drug-likeness (QED) is 0.187. The summed E-state index contributed by atoms with van der Waals surface area (Å²) >= 11 is 0. The molecule has 0 amide bonds. The van der Waals surface area contributed by atoms with E-state index in [1.807, 2.05) is 0 Å². The first-order valence-electron chi connectivity index (χ1n) is 18.2. The van der Waals surface area contributed by atoms with Crippen molar-refractivity contribution in [3.05, 3.63) is 181 Å². The molecule has 3 heterocycles. The minimum absolute atomic E-state index is 0.149. The van der Waals surface area contributed by atoms with Gasteiger partial charge in [-0.25, -0.2) is 4.98 Å². The van der Waals surface area contributed by atoms with Crippen LogP contribution in [-0.4, -0.2) is 9.55 Å². The van der Waals surface area contributed by atoms with Crippen LogP contribution >= 0.6 is 0 Å². The molecule has 11 rings (SSSR count). The zero-order valence-corrected chi connectivity index (χ0v) is 28.8. The van der Waals surface area contributed by atoms with Crippen molar-refractivity contribution in [1.29, 1.82) is 0 Å². The molecule has 3 heteroatoms. The van der Waals surface area contributed by atoms with Crippen LogP contribution in [0.2, 0.25) is 0 Å². The number of hydrogen-bond donors (Lipinski definition) is 0. The minimum Gasteiger partial charge on any atom is -0.455 e. The van der Waals surface area contributed by atoms with Gasteiger partial charge in [0.1, 0.15) is 17.0 Å². The van der Waals surface area contributed by atoms with Crippen molar-refractivity contribution in [2.75, 3.05) is 0 Å². The van der Waals surface area contributed by atoms with Crippen LogP contribution in [0.15, 0.2) is 174 Å². The molecule has 0 spiro atoms. The summed E-state index contributed by atoms with van der Waals surface area (Å²) in [6, 6.07) is 52.3. The zero-order valence-electron chi connectivity index (χ0n) is 28.8. The number of aromatic nitrogens is 2. The Kier molecular flexibility index (Phi) is 6.21. The molecule has 0 aliphatic heterocycles. The van der Waals surface area contributed by atoms with Gasteiger partial charge in [0.2, 0.25) is 0 Å². The predicted octanol–water partition coefficient (Wildman–Crippen LogP) is 12.8. The molecule has 6 aromatic carbocycles. The molecule has 52 heavy (non-hydrogen) atoms. The maximum Gasteiger partial charge on any atom is 0.143 e. The van der Waals surface area contributed by atoms with Crippen LogP contribution < -0.4 is 0 Å². The fourth-order valence-electron chi connectivity index (χ4n) is 9.14. The fraction of sp³-hybridized carbons (Fsp3) is 0.0816. The van der Waals surface area contributed by atoms with Crippen molar-refractivity contribution in [2.24, 2.45) is 5.92 Å². The Balaban J connectivity index is 1.18. The number of fused-ring (bicyclic) bond motifs is 10. The number of hydrogen-bond acceptors (Lipinski definition) is 2. The van der Waals surface area contributed by atoms with E-state index in [0.717, 1.165) is 67.6 Å². The summed E-state index contributed by atoms with van der Waals surface area (Å²) in [5.41, 5.74) is 13.4. The highest BCUT2D eigenvalue weighted by Crippen LogP contribution is 2.57. The van der Waals surface area contributed by atoms with Gasteiger partial charge in [-0.1, -0.05) is 146 Å². The third-order valence-corrected chi connectivity index (χ3v) is 11.7. The average Bonchev–Trinajstić information content (AvgIpc) is 3.83. The van der Waals surface area contributed by atoms with Crippen molar-refractivity contribution in [2.45, 2.75) is 18.8 Å². The van der Waals surface area contributed by atoms with Gasteiger partial charge in [0.15, 0.2) is 0 Å². The van der Waals surface area contributed by atoms with Crippen LogP contribution in [0, 0.1) is 5.92 Å². The monoisotopic (exact) mass is 666 g/mol. The van der Waals surface area contributed by atoms with Gasteiger partial charge < -0.3 is 4.42 Å². The summed E-state index contributed by atoms with van der Waals surface area (Å²) in [5.74, 6) is 1.25. The lowest BCUT2D eigenvalue weighted by Crippen LogP contribution is -2.30. The Morgan fingerprint density at radius 1 is 0.615 bits per heavy atom. The molecule has 246 valence electrons. The van der Waals surface area contributed by atoms with Gasteiger partial charge in [-0.15, -0.1) is 0 Å². The summed E-state index contributed by atoms with van der Waals surface area (Å²) in [4.78, 5) is 5.35. The summed E-state index contributed by atoms with van der Waals surface area (Å²) in [6.07, 6.45) is 10.1. The van der Waals surface area contributed by atoms with Crippen molar-refractivity contribution >= 4 is 43.7 Å². The fourth-order valence-corrected chi connectivity index (χ4v) is 9.14. The second kappa shape index (κ2) is 11.0. The topological polar surface area (TPSA) is 31.0 Å². The molecule has 0 radical (unpaired) electrons. The molecule has 0 saturated heterocycles. The molecular formula is C49H34N2O. The summed E-state index contributed by atoms with van der Waals surface area (Å²) in [7, 11) is 0. The second-order valence-corrected chi connectivity index (χ2v) is 14.4. The number of nitrogens with zero attached hydrogens (tertiary/aromatic N) is 2. The van der Waals surface area contributed by atoms with Crippen LogP contribution in [0.1, 0.15) is 24.5 Å². The van der Waals surface area contributed by atoms with E-state index in [-0.39, 0.29) is 5.41 Å². The zero-order chi connectivity index (χ0) is 34.4. The molecule has 0 N–H and O–H groups in total. The molecule has 0 bridgehead atoms. The minimum atomic E-state index is -0.149. The highest BCUT2D eigenvalue weighted by Gasteiger charge is 2.45. The van der Waals surface area contributed by atoms with Crippen molar-refractivity contribution in [1.82, 2.24) is 9.55 Å². The van der Waals surface area contributed by atoms with E-state index in [1.165, 1.54) is 33.0 Å². The molecule has 9 aromatic rings. The van der Waals surface area contributed by atoms with E-state index in [2.05, 4.69) is 181 Å². The maximum absolute atomic E-state index is 7.05. The molecule has 2 aliphatic carbocycles. The van der Waals surface area contributed by atoms with E-state index in [1.54, 1.807) is 0 Å². The summed E-state index contributed by atoms with van der Waals surface area (Å²) in [6.45, 7) is 2.42. The number of benzene rings is 6. The Labute approximate surface area is 301 Å². The van der Waals surface area contributed by atoms with Gasteiger partial charge in [-0.2, -0.15) is 0 Å². The van der Waals surface area contributed by atoms with Gasteiger partial charge in [0, 0.05) is 44.2 Å². The van der Waals surface area contributed by atoms with Crippen LogP contribution in [0.3, 0.4) is 0 Å². The lowest BCUT2D eigenvalue weighted by molar-refractivity contribution is 0.425. The van der Waals surface area contributed by atoms with Crippen LogP contribution in [-0.2, 0) is 5.41 Å². The van der Waals surface area contributed by atoms with E-state index in [4.69, 9.17) is 9.40 Å². The smallest absolute Gasteiger partial charge is 0.143 e. The molecule has 3 nitrogen and oxygen atoms in total. The third kappa shape index (κ3) is 4.11. The average molecular weight is 667 g/mol. The number of para-hydroxylation sites is 1. The number of allylic oxidation sites excluding steroid dienone is 4. The normalized spacial score (nSPS) is 17.8. The highest BCUT2D eigenvalue weighted by atomic mass is 16.3. The Bertz CT molecular complexity index is 2890. The molecule has 2 unspecified atom stereocenters. The van der Waals surface area contributed by atoms with E-state index < -0.39 is 0 Å². The largest absolute Gasteiger partial charge is 0.455 e. The van der Waals surface area contributed by atoms with Crippen molar-refractivity contribution in [3.63, 3.8) is 0 Å². The molecule has 2 atom stereocenters. The van der Waals surface area contributed by atoms with Gasteiger partial charge >= 0.3 is 0 Å². The van der Waals surface area contributed by atoms with Gasteiger partial charge in [0.25, 0.3) is 0 Å². The molecule has 0 saturated carbocycles.